The van der Waals surface area contributed by atoms with E-state index in [4.69, 9.17) is 15.2 Å². The Bertz CT molecular complexity index is 1150. The van der Waals surface area contributed by atoms with Crippen molar-refractivity contribution in [3.8, 4) is 0 Å². The molecule has 1 atom stereocenters. The van der Waals surface area contributed by atoms with Crippen LogP contribution in [0.2, 0.25) is 0 Å². The number of hydrogen-bond donors (Lipinski definition) is 3. The van der Waals surface area contributed by atoms with E-state index in [0.717, 1.165) is 19.4 Å². The first kappa shape index (κ1) is 27.3. The number of nitrogens with one attached hydrogen (secondary N) is 2. The minimum absolute atomic E-state index is 0.0353. The van der Waals surface area contributed by atoms with E-state index < -0.39 is 17.6 Å². The van der Waals surface area contributed by atoms with Crippen molar-refractivity contribution < 1.29 is 23.9 Å². The van der Waals surface area contributed by atoms with E-state index in [-0.39, 0.29) is 17.6 Å². The van der Waals surface area contributed by atoms with Gasteiger partial charge in [0.15, 0.2) is 5.69 Å². The molecule has 2 aliphatic heterocycles. The fourth-order valence-electron chi connectivity index (χ4n) is 4.51. The Balaban J connectivity index is 1.60. The Hall–Kier alpha value is -3.70. The maximum Gasteiger partial charge on any atom is 0.415 e. The van der Waals surface area contributed by atoms with E-state index in [1.807, 2.05) is 20.8 Å². The van der Waals surface area contributed by atoms with E-state index in [2.05, 4.69) is 15.6 Å². The lowest BCUT2D eigenvalue weighted by Gasteiger charge is -2.35. The fourth-order valence-corrected chi connectivity index (χ4v) is 4.51. The van der Waals surface area contributed by atoms with Gasteiger partial charge in [-0.05, 0) is 70.5 Å². The molecule has 4 rings (SSSR count). The van der Waals surface area contributed by atoms with Crippen molar-refractivity contribution in [2.45, 2.75) is 45.3 Å². The van der Waals surface area contributed by atoms with Crippen LogP contribution in [0.25, 0.3) is 0 Å². The Morgan fingerprint density at radius 1 is 1.18 bits per heavy atom. The highest BCUT2D eigenvalue weighted by Crippen LogP contribution is 2.29. The van der Waals surface area contributed by atoms with Crippen LogP contribution in [0.4, 0.5) is 21.9 Å². The number of primary amides is 1. The highest BCUT2D eigenvalue weighted by molar-refractivity contribution is 5.99. The third kappa shape index (κ3) is 6.78. The predicted molar refractivity (Wildman–Crippen MR) is 144 cm³/mol. The number of benzene rings is 1. The van der Waals surface area contributed by atoms with E-state index in [0.29, 0.717) is 55.5 Å². The number of ether oxygens (including phenoxy) is 2. The van der Waals surface area contributed by atoms with E-state index >= 15 is 0 Å². The standard InChI is InChI=1S/C27H36N6O5/c1-27(2,3)38-26(36)33(20-5-4-10-29-16-20)21-15-22(23(24(28)34)30-17-21)31-19-8-6-18(7-9-19)25(35)32-11-13-37-14-12-32/h6-9,15,17,20,29,31H,4-5,10-14,16H2,1-3H3,(H2,28,34)/t20-/m1/s1. The highest BCUT2D eigenvalue weighted by Gasteiger charge is 2.32. The van der Waals surface area contributed by atoms with Crippen molar-refractivity contribution in [2.24, 2.45) is 5.73 Å². The first-order valence-corrected chi connectivity index (χ1v) is 12.9. The van der Waals surface area contributed by atoms with Crippen LogP contribution in [-0.4, -0.2) is 78.8 Å². The molecule has 11 heteroatoms. The summed E-state index contributed by atoms with van der Waals surface area (Å²) in [4.78, 5) is 45.9. The van der Waals surface area contributed by atoms with Gasteiger partial charge in [-0.2, -0.15) is 0 Å². The topological polar surface area (TPSA) is 139 Å². The van der Waals surface area contributed by atoms with Gasteiger partial charge in [0, 0.05) is 30.9 Å². The summed E-state index contributed by atoms with van der Waals surface area (Å²) in [6, 6.07) is 8.49. The van der Waals surface area contributed by atoms with Gasteiger partial charge in [0.25, 0.3) is 11.8 Å². The summed E-state index contributed by atoms with van der Waals surface area (Å²) < 4.78 is 11.0. The average molecular weight is 525 g/mol. The van der Waals surface area contributed by atoms with Crippen LogP contribution in [0.15, 0.2) is 36.5 Å². The molecular formula is C27H36N6O5. The SMILES string of the molecule is CC(C)(C)OC(=O)N(c1cnc(C(N)=O)c(Nc2ccc(C(=O)N3CCOCC3)cc2)c1)[C@@H]1CCCNC1. The average Bonchev–Trinajstić information content (AvgIpc) is 2.89. The number of amides is 3. The molecular weight excluding hydrogens is 488 g/mol. The number of nitrogens with two attached hydrogens (primary N) is 1. The second-order valence-corrected chi connectivity index (χ2v) is 10.4. The normalized spacial score (nSPS) is 18.0. The Morgan fingerprint density at radius 3 is 2.50 bits per heavy atom. The van der Waals surface area contributed by atoms with Crippen LogP contribution in [0, 0.1) is 0 Å². The van der Waals surface area contributed by atoms with Gasteiger partial charge in [0.05, 0.1) is 36.8 Å². The monoisotopic (exact) mass is 524 g/mol. The number of piperidine rings is 1. The molecule has 11 nitrogen and oxygen atoms in total. The van der Waals surface area contributed by atoms with Crippen LogP contribution in [0.1, 0.15) is 54.5 Å². The van der Waals surface area contributed by atoms with Crippen molar-refractivity contribution in [3.05, 3.63) is 47.8 Å². The third-order valence-electron chi connectivity index (χ3n) is 6.32. The summed E-state index contributed by atoms with van der Waals surface area (Å²) in [6.07, 6.45) is 2.69. The molecule has 2 fully saturated rings. The van der Waals surface area contributed by atoms with Gasteiger partial charge in [-0.3, -0.25) is 14.5 Å². The Morgan fingerprint density at radius 2 is 1.89 bits per heavy atom. The second kappa shape index (κ2) is 11.8. The zero-order valence-corrected chi connectivity index (χ0v) is 22.2. The summed E-state index contributed by atoms with van der Waals surface area (Å²) in [5.41, 5.74) is 6.98. The fraction of sp³-hybridized carbons (Fsp3) is 0.481. The molecule has 0 spiro atoms. The lowest BCUT2D eigenvalue weighted by atomic mass is 10.1. The number of carbonyl (C=O) groups is 3. The number of morpholine rings is 1. The first-order chi connectivity index (χ1) is 18.1. The molecule has 4 N–H and O–H groups in total. The van der Waals surface area contributed by atoms with Crippen molar-refractivity contribution in [3.63, 3.8) is 0 Å². The summed E-state index contributed by atoms with van der Waals surface area (Å²) >= 11 is 0. The molecule has 1 aromatic carbocycles. The van der Waals surface area contributed by atoms with Gasteiger partial charge in [-0.25, -0.2) is 9.78 Å². The largest absolute Gasteiger partial charge is 0.443 e. The van der Waals surface area contributed by atoms with Gasteiger partial charge in [0.1, 0.15) is 5.60 Å². The molecule has 2 aliphatic rings. The number of rotatable bonds is 6. The van der Waals surface area contributed by atoms with Crippen LogP contribution in [0.3, 0.4) is 0 Å². The molecule has 0 aliphatic carbocycles. The van der Waals surface area contributed by atoms with Gasteiger partial charge >= 0.3 is 6.09 Å². The van der Waals surface area contributed by atoms with E-state index in [1.165, 1.54) is 6.20 Å². The van der Waals surface area contributed by atoms with Crippen LogP contribution in [0.5, 0.6) is 0 Å². The first-order valence-electron chi connectivity index (χ1n) is 12.9. The Labute approximate surface area is 222 Å². The van der Waals surface area contributed by atoms with E-state index in [1.54, 1.807) is 40.1 Å². The summed E-state index contributed by atoms with van der Waals surface area (Å²) in [7, 11) is 0. The molecule has 204 valence electrons. The molecule has 0 saturated carbocycles. The van der Waals surface area contributed by atoms with E-state index in [9.17, 15) is 14.4 Å². The van der Waals surface area contributed by atoms with Crippen LogP contribution >= 0.6 is 0 Å². The van der Waals surface area contributed by atoms with Crippen molar-refractivity contribution >= 4 is 35.0 Å². The molecule has 2 aromatic rings. The Kier molecular flexibility index (Phi) is 8.48. The molecule has 0 unspecified atom stereocenters. The maximum absolute atomic E-state index is 13.3. The van der Waals surface area contributed by atoms with Crippen molar-refractivity contribution in [2.75, 3.05) is 49.6 Å². The maximum atomic E-state index is 13.3. The lowest BCUT2D eigenvalue weighted by molar-refractivity contribution is 0.0303. The van der Waals surface area contributed by atoms with Crippen molar-refractivity contribution in [1.82, 2.24) is 15.2 Å². The number of carbonyl (C=O) groups excluding carboxylic acids is 3. The molecule has 0 radical (unpaired) electrons. The van der Waals surface area contributed by atoms with Crippen LogP contribution in [-0.2, 0) is 9.47 Å². The molecule has 2 saturated heterocycles. The summed E-state index contributed by atoms with van der Waals surface area (Å²) in [5.74, 6) is -0.767. The van der Waals surface area contributed by atoms with Gasteiger partial charge in [-0.1, -0.05) is 0 Å². The number of pyridine rings is 1. The lowest BCUT2D eigenvalue weighted by Crippen LogP contribution is -2.50. The minimum Gasteiger partial charge on any atom is -0.443 e. The number of aromatic nitrogens is 1. The van der Waals surface area contributed by atoms with Gasteiger partial charge < -0.3 is 30.7 Å². The molecule has 3 heterocycles. The highest BCUT2D eigenvalue weighted by atomic mass is 16.6. The number of hydrogen-bond acceptors (Lipinski definition) is 8. The molecule has 1 aromatic heterocycles. The molecule has 38 heavy (non-hydrogen) atoms. The zero-order chi connectivity index (χ0) is 27.3. The minimum atomic E-state index is -0.707. The van der Waals surface area contributed by atoms with Crippen molar-refractivity contribution in [1.29, 1.82) is 0 Å². The zero-order valence-electron chi connectivity index (χ0n) is 22.2. The molecule has 3 amide bonds. The predicted octanol–water partition coefficient (Wildman–Crippen LogP) is 2.89. The smallest absolute Gasteiger partial charge is 0.415 e. The molecule has 0 bridgehead atoms. The third-order valence-corrected chi connectivity index (χ3v) is 6.32. The van der Waals surface area contributed by atoms with Gasteiger partial charge in [0.2, 0.25) is 0 Å². The number of anilines is 3. The second-order valence-electron chi connectivity index (χ2n) is 10.4. The quantitative estimate of drug-likeness (QED) is 0.524. The number of nitrogens with zero attached hydrogens (tertiary/aromatic N) is 3. The summed E-state index contributed by atoms with van der Waals surface area (Å²) in [5, 5.41) is 6.51. The van der Waals surface area contributed by atoms with Gasteiger partial charge in [-0.15, -0.1) is 0 Å². The summed E-state index contributed by atoms with van der Waals surface area (Å²) in [6.45, 7) is 9.12. The van der Waals surface area contributed by atoms with Crippen LogP contribution < -0.4 is 21.3 Å².